The normalized spacial score (nSPS) is 10.3. The molecule has 0 amide bonds. The van der Waals surface area contributed by atoms with Gasteiger partial charge in [0, 0.05) is 15.5 Å². The molecule has 0 atom stereocenters. The highest BCUT2D eigenvalue weighted by Gasteiger charge is 2.05. The zero-order valence-corrected chi connectivity index (χ0v) is 13.2. The largest absolute Gasteiger partial charge is 0.492 e. The first-order valence-corrected chi connectivity index (χ1v) is 7.31. The Morgan fingerprint density at radius 3 is 2.63 bits per heavy atom. The summed E-state index contributed by atoms with van der Waals surface area (Å²) in [6.45, 7) is 0.975. The van der Waals surface area contributed by atoms with E-state index in [1.54, 1.807) is 12.1 Å². The van der Waals surface area contributed by atoms with Crippen LogP contribution in [0.1, 0.15) is 0 Å². The second-order valence-electron chi connectivity index (χ2n) is 3.83. The van der Waals surface area contributed by atoms with Crippen LogP contribution in [-0.2, 0) is 0 Å². The summed E-state index contributed by atoms with van der Waals surface area (Å²) < 4.78 is 20.7. The molecule has 0 bridgehead atoms. The van der Waals surface area contributed by atoms with Gasteiger partial charge in [0.2, 0.25) is 0 Å². The fraction of sp³-hybridized carbons (Fsp3) is 0.143. The van der Waals surface area contributed by atoms with E-state index in [0.717, 1.165) is 10.2 Å². The number of hydrogen-bond acceptors (Lipinski definition) is 2. The Labute approximate surface area is 128 Å². The van der Waals surface area contributed by atoms with E-state index in [9.17, 15) is 4.39 Å². The van der Waals surface area contributed by atoms with Crippen LogP contribution < -0.4 is 10.1 Å². The molecule has 2 rings (SSSR count). The van der Waals surface area contributed by atoms with Crippen molar-refractivity contribution in [3.8, 4) is 5.75 Å². The van der Waals surface area contributed by atoms with Crippen LogP contribution in [-0.4, -0.2) is 13.2 Å². The Balaban J connectivity index is 1.84. The van der Waals surface area contributed by atoms with Crippen LogP contribution >= 0.6 is 31.9 Å². The van der Waals surface area contributed by atoms with Gasteiger partial charge in [0.25, 0.3) is 0 Å². The smallest absolute Gasteiger partial charge is 0.147 e. The summed E-state index contributed by atoms with van der Waals surface area (Å²) in [6, 6.07) is 12.5. The molecule has 0 saturated heterocycles. The second kappa shape index (κ2) is 6.91. The Kier molecular flexibility index (Phi) is 5.22. The minimum atomic E-state index is -0.281. The Bertz CT molecular complexity index is 543. The van der Waals surface area contributed by atoms with Crippen molar-refractivity contribution in [2.75, 3.05) is 18.5 Å². The number of halogens is 3. The van der Waals surface area contributed by atoms with Gasteiger partial charge >= 0.3 is 0 Å². The summed E-state index contributed by atoms with van der Waals surface area (Å²) in [5.74, 6) is 0.501. The van der Waals surface area contributed by atoms with E-state index in [2.05, 4.69) is 37.2 Å². The molecule has 0 radical (unpaired) electrons. The highest BCUT2D eigenvalue weighted by molar-refractivity contribution is 9.10. The van der Waals surface area contributed by atoms with Crippen molar-refractivity contribution in [3.05, 3.63) is 57.2 Å². The van der Waals surface area contributed by atoms with Crippen molar-refractivity contribution in [2.24, 2.45) is 0 Å². The highest BCUT2D eigenvalue weighted by atomic mass is 79.9. The molecule has 2 aromatic carbocycles. The van der Waals surface area contributed by atoms with Gasteiger partial charge in [0.05, 0.1) is 5.69 Å². The Hall–Kier alpha value is -1.07. The van der Waals surface area contributed by atoms with Gasteiger partial charge < -0.3 is 10.1 Å². The Morgan fingerprint density at radius 1 is 1.11 bits per heavy atom. The average molecular weight is 389 g/mol. The van der Waals surface area contributed by atoms with E-state index in [1.165, 1.54) is 6.07 Å². The lowest BCUT2D eigenvalue weighted by atomic mass is 10.3. The zero-order chi connectivity index (χ0) is 13.7. The molecule has 0 spiro atoms. The minimum absolute atomic E-state index is 0.281. The van der Waals surface area contributed by atoms with E-state index < -0.39 is 0 Å². The lowest BCUT2D eigenvalue weighted by Crippen LogP contribution is -2.12. The topological polar surface area (TPSA) is 21.3 Å². The predicted octanol–water partition coefficient (Wildman–Crippen LogP) is 4.84. The third-order valence-corrected chi connectivity index (χ3v) is 3.59. The van der Waals surface area contributed by atoms with Crippen molar-refractivity contribution in [1.29, 1.82) is 0 Å². The van der Waals surface area contributed by atoms with Crippen LogP contribution in [0.4, 0.5) is 10.1 Å². The van der Waals surface area contributed by atoms with Crippen LogP contribution in [0.25, 0.3) is 0 Å². The van der Waals surface area contributed by atoms with Crippen molar-refractivity contribution >= 4 is 37.5 Å². The predicted molar refractivity (Wildman–Crippen MR) is 82.2 cm³/mol. The fourth-order valence-electron chi connectivity index (χ4n) is 1.57. The molecule has 0 aliphatic heterocycles. The maximum absolute atomic E-state index is 13.5. The average Bonchev–Trinajstić information content (AvgIpc) is 2.37. The quantitative estimate of drug-likeness (QED) is 0.740. The summed E-state index contributed by atoms with van der Waals surface area (Å²) in [6.07, 6.45) is 0. The number of anilines is 1. The van der Waals surface area contributed by atoms with Gasteiger partial charge in [-0.3, -0.25) is 0 Å². The number of benzene rings is 2. The van der Waals surface area contributed by atoms with Crippen LogP contribution in [0.5, 0.6) is 5.75 Å². The van der Waals surface area contributed by atoms with Crippen molar-refractivity contribution < 1.29 is 9.13 Å². The van der Waals surface area contributed by atoms with E-state index >= 15 is 0 Å². The number of ether oxygens (including phenoxy) is 1. The van der Waals surface area contributed by atoms with Gasteiger partial charge in [-0.1, -0.05) is 28.1 Å². The molecule has 5 heteroatoms. The van der Waals surface area contributed by atoms with E-state index in [-0.39, 0.29) is 5.82 Å². The van der Waals surface area contributed by atoms with Gasteiger partial charge in [-0.2, -0.15) is 0 Å². The molecular weight excluding hydrogens is 377 g/mol. The molecule has 19 heavy (non-hydrogen) atoms. The first-order valence-electron chi connectivity index (χ1n) is 5.73. The minimum Gasteiger partial charge on any atom is -0.492 e. The van der Waals surface area contributed by atoms with Crippen LogP contribution in [0.3, 0.4) is 0 Å². The summed E-state index contributed by atoms with van der Waals surface area (Å²) in [4.78, 5) is 0. The molecule has 0 heterocycles. The van der Waals surface area contributed by atoms with Gasteiger partial charge in [-0.05, 0) is 46.3 Å². The first-order chi connectivity index (χ1) is 9.16. The van der Waals surface area contributed by atoms with Crippen molar-refractivity contribution in [1.82, 2.24) is 0 Å². The maximum atomic E-state index is 13.5. The monoisotopic (exact) mass is 387 g/mol. The molecule has 2 aromatic rings. The molecule has 0 aliphatic rings. The molecule has 0 aromatic heterocycles. The van der Waals surface area contributed by atoms with E-state index in [4.69, 9.17) is 4.74 Å². The molecule has 0 aliphatic carbocycles. The standard InChI is InChI=1S/C14H12Br2FNO/c15-10-3-1-4-11(9-10)19-8-7-18-14-12(16)5-2-6-13(14)17/h1-6,9,18H,7-8H2. The summed E-state index contributed by atoms with van der Waals surface area (Å²) in [7, 11) is 0. The third kappa shape index (κ3) is 4.21. The second-order valence-corrected chi connectivity index (χ2v) is 5.60. The van der Waals surface area contributed by atoms with Crippen molar-refractivity contribution in [2.45, 2.75) is 0 Å². The third-order valence-electron chi connectivity index (χ3n) is 2.43. The van der Waals surface area contributed by atoms with E-state index in [0.29, 0.717) is 23.3 Å². The molecule has 100 valence electrons. The first kappa shape index (κ1) is 14.3. The molecule has 1 N–H and O–H groups in total. The lowest BCUT2D eigenvalue weighted by molar-refractivity contribution is 0.332. The Morgan fingerprint density at radius 2 is 1.89 bits per heavy atom. The summed E-state index contributed by atoms with van der Waals surface area (Å²) in [5.41, 5.74) is 0.459. The fourth-order valence-corrected chi connectivity index (χ4v) is 2.43. The van der Waals surface area contributed by atoms with Gasteiger partial charge in [0.15, 0.2) is 0 Å². The number of nitrogens with one attached hydrogen (secondary N) is 1. The van der Waals surface area contributed by atoms with E-state index in [1.807, 2.05) is 24.3 Å². The van der Waals surface area contributed by atoms with Crippen LogP contribution in [0.15, 0.2) is 51.4 Å². The van der Waals surface area contributed by atoms with Gasteiger partial charge in [0.1, 0.15) is 18.2 Å². The molecular formula is C14H12Br2FNO. The highest BCUT2D eigenvalue weighted by Crippen LogP contribution is 2.24. The van der Waals surface area contributed by atoms with Gasteiger partial charge in [-0.15, -0.1) is 0 Å². The molecule has 0 fully saturated rings. The zero-order valence-electron chi connectivity index (χ0n) is 10.00. The number of rotatable bonds is 5. The number of para-hydroxylation sites is 1. The molecule has 0 saturated carbocycles. The molecule has 2 nitrogen and oxygen atoms in total. The van der Waals surface area contributed by atoms with Crippen molar-refractivity contribution in [3.63, 3.8) is 0 Å². The van der Waals surface area contributed by atoms with Gasteiger partial charge in [-0.25, -0.2) is 4.39 Å². The number of hydrogen-bond donors (Lipinski definition) is 1. The molecule has 0 unspecified atom stereocenters. The van der Waals surface area contributed by atoms with Crippen LogP contribution in [0, 0.1) is 5.82 Å². The lowest BCUT2D eigenvalue weighted by Gasteiger charge is -2.10. The van der Waals surface area contributed by atoms with Crippen LogP contribution in [0.2, 0.25) is 0 Å². The summed E-state index contributed by atoms with van der Waals surface area (Å²) in [5, 5.41) is 3.01. The summed E-state index contributed by atoms with van der Waals surface area (Å²) >= 11 is 6.68. The SMILES string of the molecule is Fc1cccc(Br)c1NCCOc1cccc(Br)c1. The maximum Gasteiger partial charge on any atom is 0.147 e.